The van der Waals surface area contributed by atoms with E-state index in [-0.39, 0.29) is 83.2 Å². The molecule has 456 valence electrons. The highest BCUT2D eigenvalue weighted by molar-refractivity contribution is 6.32. The van der Waals surface area contributed by atoms with Crippen molar-refractivity contribution >= 4 is 51.9 Å². The van der Waals surface area contributed by atoms with E-state index < -0.39 is 117 Å². The maximum atomic E-state index is 15.8. The number of anilines is 1. The van der Waals surface area contributed by atoms with E-state index in [1.165, 1.54) is 52.5 Å². The number of Topliss-reactive ketones (excluding diaryl/α,β-unsaturated/α-hetero) is 3. The van der Waals surface area contributed by atoms with Crippen molar-refractivity contribution in [2.24, 2.45) is 23.7 Å². The maximum Gasteiger partial charge on any atom is 0.410 e. The van der Waals surface area contributed by atoms with E-state index in [9.17, 15) is 54.0 Å². The summed E-state index contributed by atoms with van der Waals surface area (Å²) in [5, 5.41) is 47.9. The van der Waals surface area contributed by atoms with Crippen LogP contribution in [0, 0.1) is 36.4 Å². The molecule has 23 heteroatoms. The van der Waals surface area contributed by atoms with E-state index in [1.807, 2.05) is 4.90 Å². The summed E-state index contributed by atoms with van der Waals surface area (Å²) in [7, 11) is 1.43. The number of amides is 2. The van der Waals surface area contributed by atoms with Crippen molar-refractivity contribution in [1.82, 2.24) is 24.6 Å². The van der Waals surface area contributed by atoms with Crippen LogP contribution in [0.2, 0.25) is 0 Å². The van der Waals surface area contributed by atoms with Crippen LogP contribution in [0.5, 0.6) is 11.5 Å². The summed E-state index contributed by atoms with van der Waals surface area (Å²) in [6.45, 7) is 14.7. The minimum Gasteiger partial charge on any atom is -0.507 e. The van der Waals surface area contributed by atoms with Crippen LogP contribution in [-0.4, -0.2) is 184 Å². The van der Waals surface area contributed by atoms with Crippen molar-refractivity contribution in [1.29, 1.82) is 0 Å². The second kappa shape index (κ2) is 24.1. The van der Waals surface area contributed by atoms with Gasteiger partial charge < -0.3 is 68.7 Å². The van der Waals surface area contributed by atoms with Gasteiger partial charge in [-0.15, -0.1) is 0 Å². The average molecular weight is 1180 g/mol. The molecule has 2 amide bonds. The number of phenols is 1. The van der Waals surface area contributed by atoms with Crippen LogP contribution >= 0.6 is 0 Å². The Labute approximate surface area is 491 Å². The number of morpholine rings is 1. The van der Waals surface area contributed by atoms with Crippen molar-refractivity contribution in [2.75, 3.05) is 77.6 Å². The second-order valence-electron chi connectivity index (χ2n) is 23.8. The summed E-state index contributed by atoms with van der Waals surface area (Å²) in [6, 6.07) is 2.95. The molecule has 0 spiro atoms. The van der Waals surface area contributed by atoms with Gasteiger partial charge in [0.15, 0.2) is 0 Å². The van der Waals surface area contributed by atoms with Crippen LogP contribution in [-0.2, 0) is 23.7 Å². The van der Waals surface area contributed by atoms with Gasteiger partial charge in [0.25, 0.3) is 11.7 Å². The number of carboxylic acid groups (broad SMARTS) is 1. The monoisotopic (exact) mass is 1180 g/mol. The number of ketones is 3. The van der Waals surface area contributed by atoms with Gasteiger partial charge in [0, 0.05) is 125 Å². The number of carboxylic acids is 1. The molecular formula is C62H75FN6O16. The quantitative estimate of drug-likeness (QED) is 0.191. The van der Waals surface area contributed by atoms with E-state index >= 15 is 4.39 Å². The van der Waals surface area contributed by atoms with Gasteiger partial charge in [-0.2, -0.15) is 0 Å². The number of aliphatic hydroxyl groups excluding tert-OH is 2. The highest BCUT2D eigenvalue weighted by Crippen LogP contribution is 2.49. The fraction of sp³-hybridized carbons (Fsp3) is 0.532. The molecule has 7 heterocycles. The molecule has 0 unspecified atom stereocenters. The molecule has 1 saturated carbocycles. The number of piperidine rings is 1. The molecule has 22 nitrogen and oxygen atoms in total. The molecule has 0 radical (unpaired) electrons. The first-order valence-electron chi connectivity index (χ1n) is 29.2. The Morgan fingerprint density at radius 3 is 2.13 bits per heavy atom. The highest BCUT2D eigenvalue weighted by atomic mass is 19.1. The number of likely N-dealkylation sites (tertiary alicyclic amines) is 1. The number of methoxy groups -OCH3 is 1. The number of phenolic OH excluding ortho intramolecular Hbond substituents is 1. The number of aromatic carboxylic acids is 1. The number of halogens is 1. The molecule has 4 fully saturated rings. The van der Waals surface area contributed by atoms with E-state index in [0.717, 1.165) is 18.9 Å². The lowest BCUT2D eigenvalue weighted by atomic mass is 9.78. The number of allylic oxidation sites excluding steroid dienone is 4. The summed E-state index contributed by atoms with van der Waals surface area (Å²) in [6.07, 6.45) is 6.59. The third-order valence-corrected chi connectivity index (χ3v) is 18.4. The fourth-order valence-electron chi connectivity index (χ4n) is 12.9. The SMILES string of the molecule is CO[C@H]1C=CO[C@@]2(C)Oc3c(C)c(O)c4c(c3C2=O)C(=O)C(N2CCOCC2)=C(NC(=O)C(C)=CC=C[C@H](C)[C@H](O)[C@@H](C)[C@@H](O)[C@@H](C)[C@H](OC(=O)N2CCC(N3CCN(c5cc6c(cc5F)c(=O)c(C(=O)O)cn6C5CC5)CC3)CC2)[C@@H]1C)C4=O. The van der Waals surface area contributed by atoms with Crippen molar-refractivity contribution in [3.8, 4) is 11.5 Å². The number of carbonyl (C=O) groups excluding carboxylic acids is 5. The summed E-state index contributed by atoms with van der Waals surface area (Å²) >= 11 is 0. The molecule has 8 aliphatic rings. The van der Waals surface area contributed by atoms with E-state index in [2.05, 4.69) is 10.2 Å². The summed E-state index contributed by atoms with van der Waals surface area (Å²) < 4.78 is 47.9. The molecular weight excluding hydrogens is 1100 g/mol. The first kappa shape index (κ1) is 60.7. The number of aromatic nitrogens is 1. The second-order valence-corrected chi connectivity index (χ2v) is 23.8. The number of nitrogens with zero attached hydrogens (tertiary/aromatic N) is 5. The third-order valence-electron chi connectivity index (χ3n) is 18.4. The first-order valence-corrected chi connectivity index (χ1v) is 29.2. The van der Waals surface area contributed by atoms with Gasteiger partial charge in [-0.1, -0.05) is 45.9 Å². The Morgan fingerprint density at radius 2 is 1.48 bits per heavy atom. The number of aromatic hydroxyl groups is 1. The van der Waals surface area contributed by atoms with Gasteiger partial charge >= 0.3 is 17.8 Å². The summed E-state index contributed by atoms with van der Waals surface area (Å²) in [4.78, 5) is 105. The van der Waals surface area contributed by atoms with E-state index in [4.69, 9.17) is 23.7 Å². The minimum atomic E-state index is -2.15. The number of nitrogens with one attached hydrogen (secondary N) is 1. The van der Waals surface area contributed by atoms with Crippen LogP contribution in [0.15, 0.2) is 70.7 Å². The van der Waals surface area contributed by atoms with Gasteiger partial charge in [-0.25, -0.2) is 14.0 Å². The number of carbonyl (C=O) groups is 6. The van der Waals surface area contributed by atoms with Crippen LogP contribution in [0.4, 0.5) is 14.9 Å². The molecule has 2 aromatic carbocycles. The maximum absolute atomic E-state index is 15.8. The van der Waals surface area contributed by atoms with E-state index in [1.54, 1.807) is 60.3 Å². The molecule has 85 heavy (non-hydrogen) atoms. The number of benzene rings is 2. The standard InChI is InChI=1S/C62H75FN6O16/c1-31-10-9-11-32(2)59(77)64-48-49(67-23-26-82-27-24-67)55(75)45-46(54(48)74)52(72)36(6)57-47(45)58(76)62(7,85-57)83-25-16-44(81-8)33(3)56(35(5)51(71)34(4)50(31)70)84-61(80)68-17-14-37(15-18-68)65-19-21-66(22-20-65)43-29-42-39(28-41(43)63)53(73)40(60(78)79)30-69(42)38-12-13-38/h9-11,16,25,28-31,33-35,37-38,44,50-51,56,70-72H,12-15,17-24,26-27H2,1-8H3,(H,64,77)(H,78,79)/t31-,33+,34+,35+,44-,50-,51+,56+,62-/m0/s1. The topological polar surface area (TPSA) is 276 Å². The van der Waals surface area contributed by atoms with E-state index in [0.29, 0.717) is 63.3 Å². The molecule has 11 rings (SSSR count). The zero-order chi connectivity index (χ0) is 61.1. The van der Waals surface area contributed by atoms with Crippen molar-refractivity contribution in [3.05, 3.63) is 110 Å². The van der Waals surface area contributed by atoms with Crippen LogP contribution in [0.25, 0.3) is 10.9 Å². The Bertz CT molecular complexity index is 3400. The van der Waals surface area contributed by atoms with Gasteiger partial charge in [0.1, 0.15) is 40.4 Å². The number of ether oxygens (including phenoxy) is 5. The first-order chi connectivity index (χ1) is 40.5. The highest BCUT2D eigenvalue weighted by Gasteiger charge is 2.53. The van der Waals surface area contributed by atoms with Crippen LogP contribution < -0.4 is 20.4 Å². The van der Waals surface area contributed by atoms with Gasteiger partial charge in [-0.05, 0) is 57.7 Å². The minimum absolute atomic E-state index is 0.0268. The van der Waals surface area contributed by atoms with Crippen molar-refractivity contribution in [2.45, 2.75) is 116 Å². The smallest absolute Gasteiger partial charge is 0.410 e. The Hall–Kier alpha value is -7.44. The Kier molecular flexibility index (Phi) is 17.2. The van der Waals surface area contributed by atoms with Crippen molar-refractivity contribution < 1.29 is 77.3 Å². The number of hydrogen-bond acceptors (Lipinski definition) is 18. The lowest BCUT2D eigenvalue weighted by molar-refractivity contribution is -0.116. The molecule has 5 N–H and O–H groups in total. The van der Waals surface area contributed by atoms with Crippen LogP contribution in [0.1, 0.15) is 120 Å². The van der Waals surface area contributed by atoms with Crippen molar-refractivity contribution in [3.63, 3.8) is 0 Å². The predicted octanol–water partition coefficient (Wildman–Crippen LogP) is 5.64. The van der Waals surface area contributed by atoms with Gasteiger partial charge in [0.05, 0.1) is 65.7 Å². The lowest BCUT2D eigenvalue weighted by Gasteiger charge is -2.44. The number of hydrogen-bond donors (Lipinski definition) is 5. The van der Waals surface area contributed by atoms with Crippen LogP contribution in [0.3, 0.4) is 0 Å². The lowest BCUT2D eigenvalue weighted by Crippen LogP contribution is -2.54. The zero-order valence-electron chi connectivity index (χ0n) is 49.1. The molecule has 3 aromatic rings. The zero-order valence-corrected chi connectivity index (χ0v) is 49.1. The Morgan fingerprint density at radius 1 is 0.800 bits per heavy atom. The van der Waals surface area contributed by atoms with Gasteiger partial charge in [0.2, 0.25) is 17.0 Å². The normalized spacial score (nSPS) is 28.6. The predicted molar refractivity (Wildman–Crippen MR) is 307 cm³/mol. The van der Waals surface area contributed by atoms with Gasteiger partial charge in [-0.3, -0.25) is 28.9 Å². The number of piperazine rings is 1. The molecule has 5 bridgehead atoms. The largest absolute Gasteiger partial charge is 0.507 e. The molecule has 3 saturated heterocycles. The molecule has 2 aliphatic carbocycles. The number of pyridine rings is 1. The number of aliphatic hydroxyl groups is 2. The molecule has 1 aromatic heterocycles. The summed E-state index contributed by atoms with van der Waals surface area (Å²) in [5.74, 6) is -11.1. The summed E-state index contributed by atoms with van der Waals surface area (Å²) in [5.41, 5.74) is -1.92. The molecule has 9 atom stereocenters. The Balaban J connectivity index is 0.876. The number of fused-ring (bicyclic) bond motifs is 15. The third kappa shape index (κ3) is 11.4. The number of rotatable bonds is 7. The molecule has 6 aliphatic heterocycles. The average Bonchev–Trinajstić information content (AvgIpc) is 1.73. The fourth-order valence-corrected chi connectivity index (χ4v) is 12.9.